The van der Waals surface area contributed by atoms with Gasteiger partial charge in [-0.05, 0) is 42.5 Å². The Morgan fingerprint density at radius 2 is 1.81 bits per heavy atom. The molecule has 0 radical (unpaired) electrons. The fraction of sp³-hybridized carbons (Fsp3) is 0. The molecule has 2 nitrogen and oxygen atoms in total. The maximum absolute atomic E-state index is 7.74. The van der Waals surface area contributed by atoms with Gasteiger partial charge >= 0.3 is 0 Å². The van der Waals surface area contributed by atoms with Crippen LogP contribution in [0, 0.1) is 5.41 Å². The molecule has 1 aromatic carbocycles. The topological polar surface area (TPSA) is 35.9 Å². The molecule has 80 valence electrons. The van der Waals surface area contributed by atoms with E-state index in [1.54, 1.807) is 18.2 Å². The summed E-state index contributed by atoms with van der Waals surface area (Å²) in [7, 11) is 0. The Balaban J connectivity index is 2.18. The summed E-state index contributed by atoms with van der Waals surface area (Å²) in [5.41, 5.74) is 2.08. The van der Waals surface area contributed by atoms with E-state index in [1.807, 2.05) is 24.3 Å². The summed E-state index contributed by atoms with van der Waals surface area (Å²) >= 11 is 9.27. The molecule has 0 aromatic heterocycles. The first-order valence-electron chi connectivity index (χ1n) is 4.74. The van der Waals surface area contributed by atoms with E-state index in [1.165, 1.54) is 0 Å². The Kier molecular flexibility index (Phi) is 3.22. The number of thiocarbonyl (C=S) groups is 1. The van der Waals surface area contributed by atoms with Crippen molar-refractivity contribution in [2.75, 3.05) is 5.32 Å². The Morgan fingerprint density at radius 1 is 1.12 bits per heavy atom. The van der Waals surface area contributed by atoms with Crippen molar-refractivity contribution in [2.24, 2.45) is 0 Å². The van der Waals surface area contributed by atoms with Gasteiger partial charge in [-0.25, -0.2) is 0 Å². The number of hydrogen-bond acceptors (Lipinski definition) is 4. The van der Waals surface area contributed by atoms with E-state index in [9.17, 15) is 0 Å². The van der Waals surface area contributed by atoms with Gasteiger partial charge in [-0.3, -0.25) is 5.41 Å². The minimum absolute atomic E-state index is 0.434. The van der Waals surface area contributed by atoms with Crippen LogP contribution < -0.4 is 5.32 Å². The van der Waals surface area contributed by atoms with E-state index in [-0.39, 0.29) is 0 Å². The molecule has 0 spiro atoms. The highest BCUT2D eigenvalue weighted by Gasteiger charge is 2.07. The maximum Gasteiger partial charge on any atom is 0.0775 e. The van der Waals surface area contributed by atoms with Gasteiger partial charge < -0.3 is 5.32 Å². The number of nitrogens with one attached hydrogen (secondary N) is 2. The van der Waals surface area contributed by atoms with Crippen LogP contribution in [0.4, 0.5) is 5.69 Å². The van der Waals surface area contributed by atoms with Crippen molar-refractivity contribution in [1.29, 1.82) is 5.41 Å². The summed E-state index contributed by atoms with van der Waals surface area (Å²) < 4.78 is 0. The van der Waals surface area contributed by atoms with Gasteiger partial charge in [0.1, 0.15) is 0 Å². The molecule has 4 heteroatoms. The minimum atomic E-state index is 0.434. The molecule has 16 heavy (non-hydrogen) atoms. The number of hydrogen-bond donors (Lipinski definition) is 3. The second-order valence-corrected chi connectivity index (χ2v) is 4.37. The van der Waals surface area contributed by atoms with E-state index in [4.69, 9.17) is 17.6 Å². The average molecular weight is 246 g/mol. The SMILES string of the molecule is N=C1C=CC(=S)C=C1Nc1ccc(S)cc1. The molecule has 0 aliphatic heterocycles. The largest absolute Gasteiger partial charge is 0.354 e. The van der Waals surface area contributed by atoms with Crippen molar-refractivity contribution < 1.29 is 0 Å². The fourth-order valence-corrected chi connectivity index (χ4v) is 1.66. The third kappa shape index (κ3) is 2.59. The monoisotopic (exact) mass is 246 g/mol. The highest BCUT2D eigenvalue weighted by atomic mass is 32.1. The lowest BCUT2D eigenvalue weighted by Crippen LogP contribution is -2.13. The summed E-state index contributed by atoms with van der Waals surface area (Å²) in [5, 5.41) is 10.9. The Hall–Kier alpha value is -1.39. The molecule has 1 aromatic rings. The van der Waals surface area contributed by atoms with Crippen LogP contribution in [0.1, 0.15) is 0 Å². The third-order valence-electron chi connectivity index (χ3n) is 2.14. The number of allylic oxidation sites excluding steroid dienone is 3. The Morgan fingerprint density at radius 3 is 2.50 bits per heavy atom. The van der Waals surface area contributed by atoms with Crippen LogP contribution in [0.2, 0.25) is 0 Å². The lowest BCUT2D eigenvalue weighted by atomic mass is 10.1. The van der Waals surface area contributed by atoms with Gasteiger partial charge in [0, 0.05) is 15.4 Å². The molecular formula is C12H10N2S2. The van der Waals surface area contributed by atoms with Crippen molar-refractivity contribution in [1.82, 2.24) is 0 Å². The van der Waals surface area contributed by atoms with Crippen LogP contribution >= 0.6 is 24.8 Å². The maximum atomic E-state index is 7.74. The first kappa shape index (κ1) is 11.1. The summed E-state index contributed by atoms with van der Waals surface area (Å²) in [6, 6.07) is 7.62. The number of benzene rings is 1. The minimum Gasteiger partial charge on any atom is -0.354 e. The van der Waals surface area contributed by atoms with Gasteiger partial charge in [0.2, 0.25) is 0 Å². The standard InChI is InChI=1S/C12H10N2S2/c13-11-6-5-10(16)7-12(11)14-8-1-3-9(15)4-2-8/h1-7,13-15H. The molecule has 0 amide bonds. The predicted octanol–water partition coefficient (Wildman–Crippen LogP) is 3.23. The summed E-state index contributed by atoms with van der Waals surface area (Å²) in [5.74, 6) is 0. The molecular weight excluding hydrogens is 236 g/mol. The Bertz CT molecular complexity index is 498. The average Bonchev–Trinajstić information content (AvgIpc) is 2.27. The van der Waals surface area contributed by atoms with Crippen molar-refractivity contribution >= 4 is 41.1 Å². The van der Waals surface area contributed by atoms with Crippen LogP contribution in [0.5, 0.6) is 0 Å². The normalized spacial score (nSPS) is 14.9. The van der Waals surface area contributed by atoms with Gasteiger partial charge in [-0.15, -0.1) is 12.6 Å². The molecule has 0 heterocycles. The number of anilines is 1. The highest BCUT2D eigenvalue weighted by Crippen LogP contribution is 2.16. The van der Waals surface area contributed by atoms with Gasteiger partial charge in [-0.2, -0.15) is 0 Å². The van der Waals surface area contributed by atoms with Crippen molar-refractivity contribution in [2.45, 2.75) is 4.90 Å². The van der Waals surface area contributed by atoms with Crippen molar-refractivity contribution in [3.63, 3.8) is 0 Å². The molecule has 0 bridgehead atoms. The molecule has 0 saturated heterocycles. The second kappa shape index (κ2) is 4.63. The zero-order valence-electron chi connectivity index (χ0n) is 8.40. The van der Waals surface area contributed by atoms with E-state index in [0.717, 1.165) is 21.1 Å². The zero-order chi connectivity index (χ0) is 11.5. The van der Waals surface area contributed by atoms with Gasteiger partial charge in [0.15, 0.2) is 0 Å². The molecule has 2 rings (SSSR count). The van der Waals surface area contributed by atoms with E-state index in [0.29, 0.717) is 5.71 Å². The van der Waals surface area contributed by atoms with E-state index >= 15 is 0 Å². The molecule has 0 unspecified atom stereocenters. The van der Waals surface area contributed by atoms with Gasteiger partial charge in [0.25, 0.3) is 0 Å². The molecule has 2 N–H and O–H groups in total. The van der Waals surface area contributed by atoms with Gasteiger partial charge in [0.05, 0.1) is 11.4 Å². The summed E-state index contributed by atoms with van der Waals surface area (Å²) in [6.45, 7) is 0. The van der Waals surface area contributed by atoms with Crippen LogP contribution in [0.15, 0.2) is 53.1 Å². The quantitative estimate of drug-likeness (QED) is 0.553. The second-order valence-electron chi connectivity index (χ2n) is 3.38. The van der Waals surface area contributed by atoms with Crippen LogP contribution in [0.25, 0.3) is 0 Å². The smallest absolute Gasteiger partial charge is 0.0775 e. The first-order valence-corrected chi connectivity index (χ1v) is 5.59. The van der Waals surface area contributed by atoms with Crippen molar-refractivity contribution in [3.8, 4) is 0 Å². The third-order valence-corrected chi connectivity index (χ3v) is 2.69. The predicted molar refractivity (Wildman–Crippen MR) is 74.9 cm³/mol. The number of thiol groups is 1. The summed E-state index contributed by atoms with van der Waals surface area (Å²) in [6.07, 6.45) is 5.23. The first-order chi connectivity index (χ1) is 7.65. The molecule has 1 aliphatic carbocycles. The van der Waals surface area contributed by atoms with Crippen molar-refractivity contribution in [3.05, 3.63) is 48.2 Å². The Labute approximate surface area is 105 Å². The van der Waals surface area contributed by atoms with Crippen LogP contribution in [0.3, 0.4) is 0 Å². The molecule has 0 atom stereocenters. The molecule has 1 aliphatic rings. The molecule has 0 saturated carbocycles. The van der Waals surface area contributed by atoms with Crippen LogP contribution in [-0.2, 0) is 0 Å². The van der Waals surface area contributed by atoms with E-state index in [2.05, 4.69) is 17.9 Å². The number of rotatable bonds is 2. The lowest BCUT2D eigenvalue weighted by Gasteiger charge is -2.13. The molecule has 0 fully saturated rings. The summed E-state index contributed by atoms with van der Waals surface area (Å²) in [4.78, 5) is 1.64. The van der Waals surface area contributed by atoms with Crippen LogP contribution in [-0.4, -0.2) is 10.6 Å². The fourth-order valence-electron chi connectivity index (χ4n) is 1.33. The highest BCUT2D eigenvalue weighted by molar-refractivity contribution is 7.81. The van der Waals surface area contributed by atoms with E-state index < -0.39 is 0 Å². The lowest BCUT2D eigenvalue weighted by molar-refractivity contribution is 1.41. The van der Waals surface area contributed by atoms with Gasteiger partial charge in [-0.1, -0.05) is 12.2 Å². The zero-order valence-corrected chi connectivity index (χ0v) is 10.1.